The maximum Gasteiger partial charge on any atom is 0.246 e. The molecule has 3 rings (SSSR count). The smallest absolute Gasteiger partial charge is 0.246 e. The van der Waals surface area contributed by atoms with E-state index in [4.69, 9.17) is 0 Å². The van der Waals surface area contributed by atoms with Crippen LogP contribution >= 0.6 is 0 Å². The zero-order valence-electron chi connectivity index (χ0n) is 14.2. The van der Waals surface area contributed by atoms with Gasteiger partial charge in [-0.25, -0.2) is 0 Å². The second-order valence-corrected chi connectivity index (χ2v) is 7.03. The number of carbonyl (C=O) groups is 2. The number of hydrogen-bond acceptors (Lipinski definition) is 5. The van der Waals surface area contributed by atoms with Crippen LogP contribution in [-0.2, 0) is 9.59 Å². The summed E-state index contributed by atoms with van der Waals surface area (Å²) in [6, 6.07) is 0.204. The Morgan fingerprint density at radius 1 is 1.04 bits per heavy atom. The Morgan fingerprint density at radius 2 is 1.79 bits per heavy atom. The fraction of sp³-hybridized carbons (Fsp3) is 0.765. The Hall–Kier alpha value is -1.44. The fourth-order valence-electron chi connectivity index (χ4n) is 3.58. The highest BCUT2D eigenvalue weighted by molar-refractivity contribution is 5.87. The van der Waals surface area contributed by atoms with Gasteiger partial charge in [-0.2, -0.15) is 0 Å². The zero-order chi connectivity index (χ0) is 16.8. The summed E-state index contributed by atoms with van der Waals surface area (Å²) >= 11 is 0. The molecule has 3 heterocycles. The summed E-state index contributed by atoms with van der Waals surface area (Å²) in [5, 5.41) is 6.46. The molecule has 3 saturated heterocycles. The zero-order valence-corrected chi connectivity index (χ0v) is 14.2. The van der Waals surface area contributed by atoms with Crippen LogP contribution in [0.2, 0.25) is 0 Å². The average molecular weight is 335 g/mol. The van der Waals surface area contributed by atoms with Crippen molar-refractivity contribution < 1.29 is 9.59 Å². The summed E-state index contributed by atoms with van der Waals surface area (Å²) in [6.45, 7) is 4.99. The largest absolute Gasteiger partial charge is 0.353 e. The minimum atomic E-state index is 0.0863. The van der Waals surface area contributed by atoms with Gasteiger partial charge in [0, 0.05) is 44.7 Å². The van der Waals surface area contributed by atoms with E-state index < -0.39 is 0 Å². The third-order valence-corrected chi connectivity index (χ3v) is 5.19. The topological polar surface area (TPSA) is 85.5 Å². The van der Waals surface area contributed by atoms with Crippen LogP contribution in [-0.4, -0.2) is 62.0 Å². The minimum Gasteiger partial charge on any atom is -0.353 e. The lowest BCUT2D eigenvalue weighted by atomic mass is 9.97. The number of carbonyl (C=O) groups excluding carboxylic acids is 2. The van der Waals surface area contributed by atoms with Crippen molar-refractivity contribution in [2.75, 3.05) is 39.3 Å². The Balaban J connectivity index is 1.38. The van der Waals surface area contributed by atoms with Gasteiger partial charge in [-0.15, -0.1) is 0 Å². The highest BCUT2D eigenvalue weighted by Gasteiger charge is 2.26. The van der Waals surface area contributed by atoms with E-state index in [0.29, 0.717) is 5.92 Å². The van der Waals surface area contributed by atoms with Crippen LogP contribution in [0.5, 0.6) is 0 Å². The van der Waals surface area contributed by atoms with E-state index in [1.165, 1.54) is 0 Å². The average Bonchev–Trinajstić information content (AvgIpc) is 3.14. The van der Waals surface area contributed by atoms with Crippen molar-refractivity contribution in [1.82, 2.24) is 26.4 Å². The molecule has 1 atom stereocenters. The van der Waals surface area contributed by atoms with Gasteiger partial charge < -0.3 is 15.5 Å². The molecule has 0 aromatic rings. The monoisotopic (exact) mass is 335 g/mol. The molecule has 1 unspecified atom stereocenters. The Morgan fingerprint density at radius 3 is 2.46 bits per heavy atom. The van der Waals surface area contributed by atoms with Crippen molar-refractivity contribution in [3.8, 4) is 0 Å². The third kappa shape index (κ3) is 4.78. The van der Waals surface area contributed by atoms with Gasteiger partial charge >= 0.3 is 0 Å². The van der Waals surface area contributed by atoms with Crippen molar-refractivity contribution in [3.63, 3.8) is 0 Å². The summed E-state index contributed by atoms with van der Waals surface area (Å²) in [6.07, 6.45) is 7.43. The molecule has 0 aromatic heterocycles. The molecule has 3 fully saturated rings. The summed E-state index contributed by atoms with van der Waals surface area (Å²) in [5.74, 6) is 0.751. The maximum absolute atomic E-state index is 12.3. The first-order chi connectivity index (χ1) is 11.7. The number of piperidine rings is 2. The van der Waals surface area contributed by atoms with Gasteiger partial charge in [0.1, 0.15) is 0 Å². The lowest BCUT2D eigenvalue weighted by Crippen LogP contribution is -2.49. The van der Waals surface area contributed by atoms with Gasteiger partial charge in [0.05, 0.1) is 5.92 Å². The first-order valence-corrected chi connectivity index (χ1v) is 9.16. The van der Waals surface area contributed by atoms with Crippen LogP contribution < -0.4 is 21.5 Å². The number of nitrogens with zero attached hydrogens (tertiary/aromatic N) is 1. The molecule has 24 heavy (non-hydrogen) atoms. The molecule has 2 amide bonds. The van der Waals surface area contributed by atoms with Gasteiger partial charge in [-0.05, 0) is 38.3 Å². The summed E-state index contributed by atoms with van der Waals surface area (Å²) in [5.41, 5.74) is 6.11. The molecule has 0 saturated carbocycles. The van der Waals surface area contributed by atoms with E-state index >= 15 is 0 Å². The van der Waals surface area contributed by atoms with Crippen LogP contribution in [0, 0.1) is 11.8 Å². The Bertz CT molecular complexity index is 462. The van der Waals surface area contributed by atoms with E-state index in [9.17, 15) is 9.59 Å². The Labute approximate surface area is 143 Å². The predicted molar refractivity (Wildman–Crippen MR) is 92.0 cm³/mol. The molecule has 0 radical (unpaired) electrons. The van der Waals surface area contributed by atoms with Gasteiger partial charge in [-0.3, -0.25) is 20.4 Å². The standard InChI is InChI=1S/C17H29N5O2/c23-16(4-3-13-10-19-20-11-13)22-8-5-15(6-9-22)21-17(24)14-2-1-7-18-12-14/h3-4,13-15,18-20H,1-2,5-12H2,(H,21,24)/b4-3-. The fourth-order valence-corrected chi connectivity index (χ4v) is 3.58. The molecular weight excluding hydrogens is 306 g/mol. The molecular formula is C17H29N5O2. The second kappa shape index (κ2) is 8.60. The van der Waals surface area contributed by atoms with Gasteiger partial charge in [-0.1, -0.05) is 6.08 Å². The molecule has 0 spiro atoms. The lowest BCUT2D eigenvalue weighted by Gasteiger charge is -2.33. The number of hydrogen-bond donors (Lipinski definition) is 4. The predicted octanol–water partition coefficient (Wildman–Crippen LogP) is -0.627. The first-order valence-electron chi connectivity index (χ1n) is 9.16. The van der Waals surface area contributed by atoms with Crippen molar-refractivity contribution in [3.05, 3.63) is 12.2 Å². The van der Waals surface area contributed by atoms with Gasteiger partial charge in [0.2, 0.25) is 11.8 Å². The van der Waals surface area contributed by atoms with E-state index in [2.05, 4.69) is 21.5 Å². The number of amides is 2. The molecule has 3 aliphatic heterocycles. The summed E-state index contributed by atoms with van der Waals surface area (Å²) < 4.78 is 0. The maximum atomic E-state index is 12.3. The highest BCUT2D eigenvalue weighted by Crippen LogP contribution is 2.14. The summed E-state index contributed by atoms with van der Waals surface area (Å²) in [4.78, 5) is 26.4. The molecule has 134 valence electrons. The molecule has 0 aliphatic carbocycles. The third-order valence-electron chi connectivity index (χ3n) is 5.19. The molecule has 7 heteroatoms. The minimum absolute atomic E-state index is 0.0863. The van der Waals surface area contributed by atoms with Crippen LogP contribution in [0.3, 0.4) is 0 Å². The van der Waals surface area contributed by atoms with Gasteiger partial charge in [0.25, 0.3) is 0 Å². The number of likely N-dealkylation sites (tertiary alicyclic amines) is 1. The SMILES string of the molecule is O=C(NC1CCN(C(=O)/C=C\C2CNNC2)CC1)C1CCCNC1. The van der Waals surface area contributed by atoms with E-state index in [0.717, 1.165) is 65.0 Å². The number of hydrazine groups is 1. The van der Waals surface area contributed by atoms with Crippen LogP contribution in [0.15, 0.2) is 12.2 Å². The quantitative estimate of drug-likeness (QED) is 0.514. The number of rotatable bonds is 4. The van der Waals surface area contributed by atoms with Crippen molar-refractivity contribution in [2.24, 2.45) is 11.8 Å². The molecule has 0 bridgehead atoms. The second-order valence-electron chi connectivity index (χ2n) is 7.03. The molecule has 3 aliphatic rings. The normalized spacial score (nSPS) is 26.8. The van der Waals surface area contributed by atoms with Crippen LogP contribution in [0.25, 0.3) is 0 Å². The lowest BCUT2D eigenvalue weighted by molar-refractivity contribution is -0.128. The highest BCUT2D eigenvalue weighted by atomic mass is 16.2. The van der Waals surface area contributed by atoms with E-state index in [1.54, 1.807) is 6.08 Å². The van der Waals surface area contributed by atoms with Crippen molar-refractivity contribution >= 4 is 11.8 Å². The molecule has 4 N–H and O–H groups in total. The van der Waals surface area contributed by atoms with Crippen molar-refractivity contribution in [2.45, 2.75) is 31.7 Å². The number of nitrogens with one attached hydrogen (secondary N) is 4. The molecule has 7 nitrogen and oxygen atoms in total. The van der Waals surface area contributed by atoms with E-state index in [1.807, 2.05) is 11.0 Å². The van der Waals surface area contributed by atoms with Gasteiger partial charge in [0.15, 0.2) is 0 Å². The first kappa shape index (κ1) is 17.4. The summed E-state index contributed by atoms with van der Waals surface area (Å²) in [7, 11) is 0. The molecule has 0 aromatic carbocycles. The van der Waals surface area contributed by atoms with Crippen LogP contribution in [0.1, 0.15) is 25.7 Å². The van der Waals surface area contributed by atoms with Crippen molar-refractivity contribution in [1.29, 1.82) is 0 Å². The van der Waals surface area contributed by atoms with Crippen LogP contribution in [0.4, 0.5) is 0 Å². The Kier molecular flexibility index (Phi) is 6.23. The van der Waals surface area contributed by atoms with E-state index in [-0.39, 0.29) is 23.8 Å².